The van der Waals surface area contributed by atoms with E-state index in [-0.39, 0.29) is 6.04 Å². The number of hydrogen-bond acceptors (Lipinski definition) is 3. The van der Waals surface area contributed by atoms with Gasteiger partial charge in [0, 0.05) is 18.8 Å². The first-order valence-corrected chi connectivity index (χ1v) is 6.87. The summed E-state index contributed by atoms with van der Waals surface area (Å²) in [5.41, 5.74) is 8.70. The fraction of sp³-hybridized carbons (Fsp3) is 0.375. The van der Waals surface area contributed by atoms with Gasteiger partial charge in [0.15, 0.2) is 0 Å². The van der Waals surface area contributed by atoms with E-state index in [1.165, 1.54) is 11.3 Å². The number of para-hydroxylation sites is 1. The van der Waals surface area contributed by atoms with Crippen molar-refractivity contribution in [3.05, 3.63) is 54.0 Å². The van der Waals surface area contributed by atoms with Gasteiger partial charge in [-0.3, -0.25) is 0 Å². The average Bonchev–Trinajstić information content (AvgIpc) is 2.93. The number of anilines is 1. The van der Waals surface area contributed by atoms with Gasteiger partial charge in [0.1, 0.15) is 5.76 Å². The second kappa shape index (κ2) is 5.10. The number of rotatable bonds is 3. The lowest BCUT2D eigenvalue weighted by Gasteiger charge is -2.39. The third-order valence-corrected chi connectivity index (χ3v) is 3.85. The molecule has 1 aliphatic heterocycles. The van der Waals surface area contributed by atoms with Crippen LogP contribution in [0.15, 0.2) is 47.1 Å². The van der Waals surface area contributed by atoms with E-state index < -0.39 is 0 Å². The Balaban J connectivity index is 2.00. The molecule has 100 valence electrons. The zero-order valence-electron chi connectivity index (χ0n) is 11.3. The fourth-order valence-electron chi connectivity index (χ4n) is 3.01. The highest BCUT2D eigenvalue weighted by Crippen LogP contribution is 2.35. The van der Waals surface area contributed by atoms with Gasteiger partial charge in [-0.2, -0.15) is 0 Å². The topological polar surface area (TPSA) is 42.4 Å². The molecule has 1 aliphatic rings. The van der Waals surface area contributed by atoms with Crippen molar-refractivity contribution in [1.82, 2.24) is 0 Å². The lowest BCUT2D eigenvalue weighted by molar-refractivity contribution is 0.421. The molecule has 0 spiro atoms. The molecule has 0 saturated carbocycles. The van der Waals surface area contributed by atoms with E-state index in [2.05, 4.69) is 36.1 Å². The zero-order chi connectivity index (χ0) is 13.2. The molecule has 2 heterocycles. The minimum atomic E-state index is 0.124. The van der Waals surface area contributed by atoms with Crippen molar-refractivity contribution in [2.75, 3.05) is 18.0 Å². The fourth-order valence-corrected chi connectivity index (χ4v) is 3.01. The number of hydrogen-bond donors (Lipinski definition) is 1. The molecular weight excluding hydrogens is 236 g/mol. The summed E-state index contributed by atoms with van der Waals surface area (Å²) < 4.78 is 5.57. The molecule has 3 nitrogen and oxygen atoms in total. The number of furan rings is 1. The highest BCUT2D eigenvalue weighted by Gasteiger charge is 2.28. The Labute approximate surface area is 114 Å². The Kier molecular flexibility index (Phi) is 3.30. The lowest BCUT2D eigenvalue weighted by atomic mass is 9.92. The van der Waals surface area contributed by atoms with Gasteiger partial charge in [-0.1, -0.05) is 25.1 Å². The van der Waals surface area contributed by atoms with Crippen molar-refractivity contribution in [3.8, 4) is 0 Å². The summed E-state index contributed by atoms with van der Waals surface area (Å²) >= 11 is 0. The predicted molar refractivity (Wildman–Crippen MR) is 77.2 cm³/mol. The molecule has 2 N–H and O–H groups in total. The van der Waals surface area contributed by atoms with Gasteiger partial charge >= 0.3 is 0 Å². The maximum Gasteiger partial charge on any atom is 0.127 e. The van der Waals surface area contributed by atoms with Crippen LogP contribution in [0, 0.1) is 5.92 Å². The second-order valence-corrected chi connectivity index (χ2v) is 5.36. The maximum atomic E-state index is 6.00. The molecule has 0 aliphatic carbocycles. The van der Waals surface area contributed by atoms with Crippen LogP contribution < -0.4 is 10.6 Å². The Morgan fingerprint density at radius 2 is 2.16 bits per heavy atom. The van der Waals surface area contributed by atoms with Crippen LogP contribution in [-0.4, -0.2) is 13.1 Å². The van der Waals surface area contributed by atoms with E-state index in [9.17, 15) is 0 Å². The van der Waals surface area contributed by atoms with Gasteiger partial charge in [0.05, 0.1) is 12.3 Å². The summed E-state index contributed by atoms with van der Waals surface area (Å²) in [7, 11) is 0. The van der Waals surface area contributed by atoms with Crippen LogP contribution in [-0.2, 0) is 6.42 Å². The van der Waals surface area contributed by atoms with Gasteiger partial charge in [0.2, 0.25) is 0 Å². The molecule has 0 fully saturated rings. The standard InChI is InChI=1S/C16H20N2O/c1-12-9-13-5-2-3-6-14(13)18(11-12)15(10-17)16-7-4-8-19-16/h2-8,12,15H,9-11,17H2,1H3. The number of fused-ring (bicyclic) bond motifs is 1. The largest absolute Gasteiger partial charge is 0.467 e. The van der Waals surface area contributed by atoms with Crippen LogP contribution in [0.3, 0.4) is 0 Å². The van der Waals surface area contributed by atoms with E-state index in [0.717, 1.165) is 18.7 Å². The van der Waals surface area contributed by atoms with Crippen LogP contribution in [0.1, 0.15) is 24.3 Å². The molecule has 2 unspecified atom stereocenters. The Morgan fingerprint density at radius 1 is 1.32 bits per heavy atom. The molecule has 1 aromatic carbocycles. The first kappa shape index (κ1) is 12.3. The minimum absolute atomic E-state index is 0.124. The molecule has 0 bridgehead atoms. The third kappa shape index (κ3) is 2.26. The summed E-state index contributed by atoms with van der Waals surface area (Å²) in [6.07, 6.45) is 2.86. The third-order valence-electron chi connectivity index (χ3n) is 3.85. The molecule has 0 saturated heterocycles. The van der Waals surface area contributed by atoms with Gasteiger partial charge in [0.25, 0.3) is 0 Å². The number of nitrogens with two attached hydrogens (primary N) is 1. The molecular formula is C16H20N2O. The van der Waals surface area contributed by atoms with E-state index in [0.29, 0.717) is 12.5 Å². The first-order chi connectivity index (χ1) is 9.29. The van der Waals surface area contributed by atoms with Crippen LogP contribution >= 0.6 is 0 Å². The highest BCUT2D eigenvalue weighted by molar-refractivity contribution is 5.57. The van der Waals surface area contributed by atoms with Gasteiger partial charge < -0.3 is 15.1 Å². The van der Waals surface area contributed by atoms with E-state index in [4.69, 9.17) is 10.2 Å². The summed E-state index contributed by atoms with van der Waals surface area (Å²) in [6, 6.07) is 12.7. The minimum Gasteiger partial charge on any atom is -0.467 e. The monoisotopic (exact) mass is 256 g/mol. The predicted octanol–water partition coefficient (Wildman–Crippen LogP) is 2.98. The number of nitrogens with zero attached hydrogens (tertiary/aromatic N) is 1. The molecule has 2 aromatic rings. The molecule has 0 amide bonds. The summed E-state index contributed by atoms with van der Waals surface area (Å²) in [5.74, 6) is 1.59. The summed E-state index contributed by atoms with van der Waals surface area (Å²) in [6.45, 7) is 3.88. The van der Waals surface area contributed by atoms with Crippen LogP contribution in [0.25, 0.3) is 0 Å². The van der Waals surface area contributed by atoms with E-state index in [1.54, 1.807) is 6.26 Å². The van der Waals surface area contributed by atoms with Crippen LogP contribution in [0.5, 0.6) is 0 Å². The van der Waals surface area contributed by atoms with Crippen LogP contribution in [0.2, 0.25) is 0 Å². The van der Waals surface area contributed by atoms with Gasteiger partial charge in [-0.15, -0.1) is 0 Å². The normalized spacial score (nSPS) is 20.1. The maximum absolute atomic E-state index is 6.00. The van der Waals surface area contributed by atoms with Crippen molar-refractivity contribution in [2.45, 2.75) is 19.4 Å². The Hall–Kier alpha value is -1.74. The molecule has 19 heavy (non-hydrogen) atoms. The first-order valence-electron chi connectivity index (χ1n) is 6.87. The van der Waals surface area contributed by atoms with Crippen molar-refractivity contribution >= 4 is 5.69 Å². The zero-order valence-corrected chi connectivity index (χ0v) is 11.3. The van der Waals surface area contributed by atoms with Gasteiger partial charge in [-0.25, -0.2) is 0 Å². The van der Waals surface area contributed by atoms with Crippen molar-refractivity contribution in [1.29, 1.82) is 0 Å². The van der Waals surface area contributed by atoms with E-state index in [1.807, 2.05) is 12.1 Å². The van der Waals surface area contributed by atoms with Crippen molar-refractivity contribution in [2.24, 2.45) is 11.7 Å². The Morgan fingerprint density at radius 3 is 2.89 bits per heavy atom. The second-order valence-electron chi connectivity index (χ2n) is 5.36. The quantitative estimate of drug-likeness (QED) is 0.918. The highest BCUT2D eigenvalue weighted by atomic mass is 16.3. The molecule has 3 rings (SSSR count). The van der Waals surface area contributed by atoms with Crippen LogP contribution in [0.4, 0.5) is 5.69 Å². The Bertz CT molecular complexity index is 535. The van der Waals surface area contributed by atoms with Gasteiger partial charge in [-0.05, 0) is 36.1 Å². The van der Waals surface area contributed by atoms with E-state index >= 15 is 0 Å². The summed E-state index contributed by atoms with van der Waals surface area (Å²) in [5, 5.41) is 0. The molecule has 1 aromatic heterocycles. The average molecular weight is 256 g/mol. The smallest absolute Gasteiger partial charge is 0.127 e. The molecule has 3 heteroatoms. The summed E-state index contributed by atoms with van der Waals surface area (Å²) in [4.78, 5) is 2.39. The molecule has 2 atom stereocenters. The number of benzene rings is 1. The van der Waals surface area contributed by atoms with Crippen molar-refractivity contribution in [3.63, 3.8) is 0 Å². The lowest BCUT2D eigenvalue weighted by Crippen LogP contribution is -2.40. The van der Waals surface area contributed by atoms with Crippen molar-refractivity contribution < 1.29 is 4.42 Å². The SMILES string of the molecule is CC1Cc2ccccc2N(C(CN)c2ccco2)C1. The molecule has 0 radical (unpaired) electrons.